The van der Waals surface area contributed by atoms with Crippen molar-refractivity contribution in [2.75, 3.05) is 19.7 Å². The van der Waals surface area contributed by atoms with Gasteiger partial charge in [0.15, 0.2) is 0 Å². The van der Waals surface area contributed by atoms with Crippen molar-refractivity contribution < 1.29 is 4.74 Å². The number of hydrogen-bond acceptors (Lipinski definition) is 3. The van der Waals surface area contributed by atoms with Crippen LogP contribution in [-0.4, -0.2) is 34.8 Å². The Bertz CT molecular complexity index is 570. The van der Waals surface area contributed by atoms with Gasteiger partial charge >= 0.3 is 0 Å². The summed E-state index contributed by atoms with van der Waals surface area (Å²) in [6, 6.07) is 10.3. The van der Waals surface area contributed by atoms with E-state index in [1.165, 1.54) is 5.56 Å². The van der Waals surface area contributed by atoms with E-state index in [0.29, 0.717) is 0 Å². The van der Waals surface area contributed by atoms with Gasteiger partial charge in [-0.15, -0.1) is 0 Å². The van der Waals surface area contributed by atoms with Crippen LogP contribution in [0.1, 0.15) is 23.1 Å². The van der Waals surface area contributed by atoms with Crippen molar-refractivity contribution in [3.8, 4) is 0 Å². The molecule has 1 aromatic heterocycles. The fourth-order valence-electron chi connectivity index (χ4n) is 2.50. The summed E-state index contributed by atoms with van der Waals surface area (Å²) in [5.74, 6) is 0. The predicted molar refractivity (Wildman–Crippen MR) is 78.7 cm³/mol. The standard InChI is InChI=1S/C15H18ClN3O/c1-11-15(16)13(18-17-11)9-19-7-8-20-14(10-19)12-5-3-2-4-6-12/h2-6,14H,7-10H2,1H3,(H,17,18)/t14-/m1/s1. The van der Waals surface area contributed by atoms with E-state index in [1.54, 1.807) is 0 Å². The summed E-state index contributed by atoms with van der Waals surface area (Å²) in [4.78, 5) is 2.34. The van der Waals surface area contributed by atoms with Crippen molar-refractivity contribution in [3.05, 3.63) is 52.3 Å². The van der Waals surface area contributed by atoms with E-state index in [9.17, 15) is 0 Å². The number of aryl methyl sites for hydroxylation is 1. The second kappa shape index (κ2) is 5.95. The molecule has 1 aliphatic rings. The van der Waals surface area contributed by atoms with Crippen LogP contribution in [-0.2, 0) is 11.3 Å². The zero-order valence-corrected chi connectivity index (χ0v) is 12.2. The number of halogens is 1. The van der Waals surface area contributed by atoms with Crippen LogP contribution in [0.3, 0.4) is 0 Å². The molecule has 0 radical (unpaired) electrons. The Hall–Kier alpha value is -1.36. The van der Waals surface area contributed by atoms with Gasteiger partial charge < -0.3 is 4.74 Å². The Balaban J connectivity index is 1.68. The number of ether oxygens (including phenoxy) is 1. The van der Waals surface area contributed by atoms with Crippen LogP contribution in [0, 0.1) is 6.92 Å². The van der Waals surface area contributed by atoms with Crippen LogP contribution in [0.15, 0.2) is 30.3 Å². The lowest BCUT2D eigenvalue weighted by molar-refractivity contribution is -0.0332. The number of hydrogen-bond donors (Lipinski definition) is 1. The van der Waals surface area contributed by atoms with Crippen LogP contribution in [0.4, 0.5) is 0 Å². The van der Waals surface area contributed by atoms with E-state index in [0.717, 1.165) is 42.7 Å². The molecule has 0 bridgehead atoms. The Labute approximate surface area is 123 Å². The molecular formula is C15H18ClN3O. The molecule has 2 heterocycles. The zero-order chi connectivity index (χ0) is 13.9. The van der Waals surface area contributed by atoms with Gasteiger partial charge in [-0.25, -0.2) is 0 Å². The minimum Gasteiger partial charge on any atom is -0.371 e. The summed E-state index contributed by atoms with van der Waals surface area (Å²) in [5.41, 5.74) is 3.06. The molecule has 106 valence electrons. The molecule has 0 unspecified atom stereocenters. The van der Waals surface area contributed by atoms with Gasteiger partial charge in [0.05, 0.1) is 29.1 Å². The Morgan fingerprint density at radius 1 is 1.40 bits per heavy atom. The number of H-pyrrole nitrogens is 1. The van der Waals surface area contributed by atoms with E-state index in [1.807, 2.05) is 25.1 Å². The van der Waals surface area contributed by atoms with Gasteiger partial charge in [-0.1, -0.05) is 41.9 Å². The number of nitrogens with zero attached hydrogens (tertiary/aromatic N) is 2. The fourth-order valence-corrected chi connectivity index (χ4v) is 2.64. The normalized spacial score (nSPS) is 20.2. The van der Waals surface area contributed by atoms with Gasteiger partial charge in [-0.3, -0.25) is 10.00 Å². The van der Waals surface area contributed by atoms with Crippen molar-refractivity contribution in [2.45, 2.75) is 19.6 Å². The molecule has 0 amide bonds. The maximum atomic E-state index is 6.23. The quantitative estimate of drug-likeness (QED) is 0.945. The van der Waals surface area contributed by atoms with Crippen LogP contribution in [0.2, 0.25) is 5.02 Å². The molecule has 1 N–H and O–H groups in total. The first-order valence-corrected chi connectivity index (χ1v) is 7.20. The molecule has 1 aliphatic heterocycles. The van der Waals surface area contributed by atoms with Crippen molar-refractivity contribution in [1.29, 1.82) is 0 Å². The smallest absolute Gasteiger partial charge is 0.0952 e. The van der Waals surface area contributed by atoms with E-state index in [-0.39, 0.29) is 6.10 Å². The highest BCUT2D eigenvalue weighted by Gasteiger charge is 2.23. The summed E-state index contributed by atoms with van der Waals surface area (Å²) < 4.78 is 5.86. The lowest BCUT2D eigenvalue weighted by Gasteiger charge is -2.32. The van der Waals surface area contributed by atoms with Gasteiger partial charge in [-0.05, 0) is 12.5 Å². The van der Waals surface area contributed by atoms with E-state index in [4.69, 9.17) is 16.3 Å². The summed E-state index contributed by atoms with van der Waals surface area (Å²) >= 11 is 6.23. The monoisotopic (exact) mass is 291 g/mol. The maximum Gasteiger partial charge on any atom is 0.0952 e. The lowest BCUT2D eigenvalue weighted by Crippen LogP contribution is -2.37. The van der Waals surface area contributed by atoms with Crippen molar-refractivity contribution in [3.63, 3.8) is 0 Å². The first-order valence-electron chi connectivity index (χ1n) is 6.82. The van der Waals surface area contributed by atoms with Crippen LogP contribution < -0.4 is 0 Å². The van der Waals surface area contributed by atoms with E-state index in [2.05, 4.69) is 27.2 Å². The van der Waals surface area contributed by atoms with E-state index < -0.39 is 0 Å². The SMILES string of the molecule is Cc1[nH]nc(CN2CCO[C@@H](c3ccccc3)C2)c1Cl. The third kappa shape index (κ3) is 2.87. The predicted octanol–water partition coefficient (Wildman–Crippen LogP) is 2.95. The molecule has 5 heteroatoms. The third-order valence-electron chi connectivity index (χ3n) is 3.64. The fraction of sp³-hybridized carbons (Fsp3) is 0.400. The molecule has 4 nitrogen and oxygen atoms in total. The zero-order valence-electron chi connectivity index (χ0n) is 11.5. The van der Waals surface area contributed by atoms with Gasteiger partial charge in [-0.2, -0.15) is 5.10 Å². The van der Waals surface area contributed by atoms with Crippen LogP contribution >= 0.6 is 11.6 Å². The van der Waals surface area contributed by atoms with Crippen LogP contribution in [0.5, 0.6) is 0 Å². The van der Waals surface area contributed by atoms with Gasteiger partial charge in [0, 0.05) is 19.6 Å². The van der Waals surface area contributed by atoms with Crippen molar-refractivity contribution >= 4 is 11.6 Å². The van der Waals surface area contributed by atoms with Crippen LogP contribution in [0.25, 0.3) is 0 Å². The molecule has 1 saturated heterocycles. The molecule has 0 spiro atoms. The molecule has 1 atom stereocenters. The minimum atomic E-state index is 0.128. The molecular weight excluding hydrogens is 274 g/mol. The minimum absolute atomic E-state index is 0.128. The summed E-state index contributed by atoms with van der Waals surface area (Å²) in [6.07, 6.45) is 0.128. The van der Waals surface area contributed by atoms with Crippen molar-refractivity contribution in [1.82, 2.24) is 15.1 Å². The second-order valence-electron chi connectivity index (χ2n) is 5.11. The number of morpholine rings is 1. The largest absolute Gasteiger partial charge is 0.371 e. The topological polar surface area (TPSA) is 41.2 Å². The molecule has 0 saturated carbocycles. The summed E-state index contributed by atoms with van der Waals surface area (Å²) in [5, 5.41) is 7.94. The number of aromatic amines is 1. The number of nitrogens with one attached hydrogen (secondary N) is 1. The average molecular weight is 292 g/mol. The van der Waals surface area contributed by atoms with Gasteiger partial charge in [0.25, 0.3) is 0 Å². The molecule has 2 aromatic rings. The Morgan fingerprint density at radius 2 is 2.20 bits per heavy atom. The maximum absolute atomic E-state index is 6.23. The molecule has 0 aliphatic carbocycles. The summed E-state index contributed by atoms with van der Waals surface area (Å²) in [6.45, 7) is 5.21. The molecule has 1 aromatic carbocycles. The number of rotatable bonds is 3. The Kier molecular flexibility index (Phi) is 4.05. The highest BCUT2D eigenvalue weighted by molar-refractivity contribution is 6.31. The summed E-state index contributed by atoms with van der Waals surface area (Å²) in [7, 11) is 0. The first-order chi connectivity index (χ1) is 9.74. The highest BCUT2D eigenvalue weighted by Crippen LogP contribution is 2.25. The average Bonchev–Trinajstić information content (AvgIpc) is 2.81. The highest BCUT2D eigenvalue weighted by atomic mass is 35.5. The Morgan fingerprint density at radius 3 is 2.90 bits per heavy atom. The lowest BCUT2D eigenvalue weighted by atomic mass is 10.1. The molecule has 1 fully saturated rings. The van der Waals surface area contributed by atoms with Gasteiger partial charge in [0.2, 0.25) is 0 Å². The van der Waals surface area contributed by atoms with Crippen molar-refractivity contribution in [2.24, 2.45) is 0 Å². The molecule has 3 rings (SSSR count). The number of aromatic nitrogens is 2. The molecule has 20 heavy (non-hydrogen) atoms. The van der Waals surface area contributed by atoms with E-state index >= 15 is 0 Å². The number of benzene rings is 1. The first kappa shape index (κ1) is 13.6. The second-order valence-corrected chi connectivity index (χ2v) is 5.49. The third-order valence-corrected chi connectivity index (χ3v) is 4.14. The van der Waals surface area contributed by atoms with Gasteiger partial charge in [0.1, 0.15) is 0 Å².